The molecule has 1 heterocycles. The second-order valence-corrected chi connectivity index (χ2v) is 5.86. The number of hydrogen-bond donors (Lipinski definition) is 1. The number of rotatable bonds is 6. The molecular weight excluding hydrogens is 326 g/mol. The summed E-state index contributed by atoms with van der Waals surface area (Å²) in [6.07, 6.45) is 7.18. The van der Waals surface area contributed by atoms with Crippen LogP contribution in [-0.4, -0.2) is 17.4 Å². The Balaban J connectivity index is 0.000000597. The first kappa shape index (κ1) is 21.3. The molecule has 0 spiro atoms. The number of benzene rings is 1. The summed E-state index contributed by atoms with van der Waals surface area (Å²) in [5, 5.41) is 14.1. The molecule has 140 valence electrons. The molecule has 0 aliphatic rings. The van der Waals surface area contributed by atoms with Crippen LogP contribution in [0.25, 0.3) is 16.9 Å². The van der Waals surface area contributed by atoms with E-state index in [0.29, 0.717) is 17.1 Å². The Kier molecular flexibility index (Phi) is 8.43. The third kappa shape index (κ3) is 5.12. The molecule has 2 rings (SSSR count). The average molecular weight is 355 g/mol. The minimum atomic E-state index is 0.0987. The number of aryl methyl sites for hydroxylation is 1. The molecule has 0 aliphatic carbocycles. The van der Waals surface area contributed by atoms with Gasteiger partial charge in [0, 0.05) is 11.6 Å². The minimum Gasteiger partial charge on any atom is -0.507 e. The lowest BCUT2D eigenvalue weighted by atomic mass is 9.99. The maximum atomic E-state index is 10.3. The summed E-state index contributed by atoms with van der Waals surface area (Å²) in [6.45, 7) is 15.5. The second kappa shape index (κ2) is 10.3. The van der Waals surface area contributed by atoms with Crippen LogP contribution in [-0.2, 0) is 6.42 Å². The molecule has 1 aromatic carbocycles. The van der Waals surface area contributed by atoms with E-state index in [9.17, 15) is 5.11 Å². The van der Waals surface area contributed by atoms with Gasteiger partial charge in [0.05, 0.1) is 18.9 Å². The highest BCUT2D eigenvalue weighted by Gasteiger charge is 2.18. The van der Waals surface area contributed by atoms with Crippen molar-refractivity contribution in [3.05, 3.63) is 60.3 Å². The molecule has 0 radical (unpaired) electrons. The average Bonchev–Trinajstić information content (AvgIpc) is 3.12. The maximum Gasteiger partial charge on any atom is 0.178 e. The zero-order valence-electron chi connectivity index (χ0n) is 16.4. The number of methoxy groups -OCH3 is 1. The van der Waals surface area contributed by atoms with Gasteiger partial charge in [-0.25, -0.2) is 0 Å². The summed E-state index contributed by atoms with van der Waals surface area (Å²) >= 11 is 0. The van der Waals surface area contributed by atoms with Crippen LogP contribution in [0.3, 0.4) is 0 Å². The highest BCUT2D eigenvalue weighted by atomic mass is 16.5. The number of aromatic hydroxyl groups is 1. The number of nitrogens with zero attached hydrogens (tertiary/aromatic N) is 1. The van der Waals surface area contributed by atoms with Crippen LogP contribution in [0, 0.1) is 0 Å². The molecule has 0 bridgehead atoms. The molecule has 0 saturated heterocycles. The minimum absolute atomic E-state index is 0.0987. The van der Waals surface area contributed by atoms with E-state index >= 15 is 0 Å². The van der Waals surface area contributed by atoms with Gasteiger partial charge in [0.2, 0.25) is 0 Å². The SMILES string of the molecule is C=C(C)CC.C=C/C(=C\C)c1cnoc1-c1cc(CC)c(OC)cc1O. The Morgan fingerprint density at radius 1 is 1.35 bits per heavy atom. The van der Waals surface area contributed by atoms with Gasteiger partial charge < -0.3 is 14.4 Å². The van der Waals surface area contributed by atoms with E-state index in [1.165, 1.54) is 5.57 Å². The van der Waals surface area contributed by atoms with E-state index in [4.69, 9.17) is 9.26 Å². The third-order valence-electron chi connectivity index (χ3n) is 4.04. The van der Waals surface area contributed by atoms with Crippen molar-refractivity contribution in [1.29, 1.82) is 0 Å². The van der Waals surface area contributed by atoms with Gasteiger partial charge in [0.1, 0.15) is 11.5 Å². The molecule has 1 aromatic heterocycles. The Labute approximate surface area is 156 Å². The lowest BCUT2D eigenvalue weighted by molar-refractivity contribution is 0.401. The molecule has 0 fully saturated rings. The van der Waals surface area contributed by atoms with Crippen molar-refractivity contribution >= 4 is 5.57 Å². The lowest BCUT2D eigenvalue weighted by Crippen LogP contribution is -1.92. The first-order chi connectivity index (χ1) is 12.4. The van der Waals surface area contributed by atoms with E-state index in [1.807, 2.05) is 32.9 Å². The summed E-state index contributed by atoms with van der Waals surface area (Å²) < 4.78 is 10.6. The summed E-state index contributed by atoms with van der Waals surface area (Å²) in [7, 11) is 1.59. The quantitative estimate of drug-likeness (QED) is 0.496. The topological polar surface area (TPSA) is 55.5 Å². The van der Waals surface area contributed by atoms with Crippen molar-refractivity contribution < 1.29 is 14.4 Å². The standard InChI is InChI=1S/C17H19NO3.C5H10/c1-5-11(6-2)14-10-18-21-17(14)13-8-12(7-3)16(20-4)9-15(13)19;1-4-5(2)3/h5-6,8-10,19H,1,7H2,2-4H3;2,4H2,1,3H3/b11-6+;. The van der Waals surface area contributed by atoms with Crippen LogP contribution in [0.15, 0.2) is 53.7 Å². The Morgan fingerprint density at radius 3 is 2.46 bits per heavy atom. The molecule has 1 N–H and O–H groups in total. The molecule has 0 saturated carbocycles. The van der Waals surface area contributed by atoms with E-state index in [-0.39, 0.29) is 5.75 Å². The summed E-state index contributed by atoms with van der Waals surface area (Å²) in [5.74, 6) is 1.29. The summed E-state index contributed by atoms with van der Waals surface area (Å²) in [6, 6.07) is 3.47. The fourth-order valence-electron chi connectivity index (χ4n) is 2.28. The molecule has 0 amide bonds. The van der Waals surface area contributed by atoms with Crippen LogP contribution >= 0.6 is 0 Å². The molecule has 2 aromatic rings. The van der Waals surface area contributed by atoms with Crippen LogP contribution in [0.2, 0.25) is 0 Å². The Hall–Kier alpha value is -2.75. The monoisotopic (exact) mass is 355 g/mol. The molecular formula is C22H29NO3. The first-order valence-electron chi connectivity index (χ1n) is 8.71. The van der Waals surface area contributed by atoms with E-state index in [0.717, 1.165) is 29.5 Å². The van der Waals surface area contributed by atoms with Crippen LogP contribution in [0.1, 0.15) is 45.2 Å². The van der Waals surface area contributed by atoms with Crippen molar-refractivity contribution in [3.8, 4) is 22.8 Å². The van der Waals surface area contributed by atoms with Crippen molar-refractivity contribution in [2.45, 2.75) is 40.5 Å². The van der Waals surface area contributed by atoms with Crippen molar-refractivity contribution in [2.24, 2.45) is 0 Å². The van der Waals surface area contributed by atoms with Crippen molar-refractivity contribution in [3.63, 3.8) is 0 Å². The largest absolute Gasteiger partial charge is 0.507 e. The number of phenolic OH excluding ortho intramolecular Hbond substituents is 1. The second-order valence-electron chi connectivity index (χ2n) is 5.86. The Morgan fingerprint density at radius 2 is 2.00 bits per heavy atom. The van der Waals surface area contributed by atoms with Gasteiger partial charge in [0.15, 0.2) is 5.76 Å². The molecule has 4 nitrogen and oxygen atoms in total. The third-order valence-corrected chi connectivity index (χ3v) is 4.04. The smallest absolute Gasteiger partial charge is 0.178 e. The summed E-state index contributed by atoms with van der Waals surface area (Å²) in [5.41, 5.74) is 4.55. The van der Waals surface area contributed by atoms with Gasteiger partial charge in [-0.1, -0.05) is 43.3 Å². The zero-order chi connectivity index (χ0) is 19.7. The van der Waals surface area contributed by atoms with Crippen molar-refractivity contribution in [1.82, 2.24) is 5.16 Å². The molecule has 4 heteroatoms. The van der Waals surface area contributed by atoms with Gasteiger partial charge in [0.25, 0.3) is 0 Å². The lowest BCUT2D eigenvalue weighted by Gasteiger charge is -2.11. The van der Waals surface area contributed by atoms with E-state index < -0.39 is 0 Å². The van der Waals surface area contributed by atoms with E-state index in [2.05, 4.69) is 25.2 Å². The van der Waals surface area contributed by atoms with Gasteiger partial charge in [-0.05, 0) is 43.9 Å². The van der Waals surface area contributed by atoms with Crippen LogP contribution in [0.4, 0.5) is 0 Å². The molecule has 0 unspecified atom stereocenters. The van der Waals surface area contributed by atoms with Crippen molar-refractivity contribution in [2.75, 3.05) is 7.11 Å². The van der Waals surface area contributed by atoms with Gasteiger partial charge in [-0.3, -0.25) is 0 Å². The molecule has 0 aliphatic heterocycles. The van der Waals surface area contributed by atoms with Crippen LogP contribution < -0.4 is 4.74 Å². The highest BCUT2D eigenvalue weighted by molar-refractivity contribution is 5.84. The van der Waals surface area contributed by atoms with Crippen LogP contribution in [0.5, 0.6) is 11.5 Å². The van der Waals surface area contributed by atoms with E-state index in [1.54, 1.807) is 25.4 Å². The Bertz CT molecular complexity index is 785. The fraction of sp³-hybridized carbons (Fsp3) is 0.318. The number of ether oxygens (including phenoxy) is 1. The van der Waals surface area contributed by atoms with Gasteiger partial charge >= 0.3 is 0 Å². The normalized spacial score (nSPS) is 10.7. The predicted octanol–water partition coefficient (Wildman–Crippen LogP) is 6.18. The van der Waals surface area contributed by atoms with Gasteiger partial charge in [-0.15, -0.1) is 6.58 Å². The maximum absolute atomic E-state index is 10.3. The number of allylic oxidation sites excluding steroid dienone is 4. The highest BCUT2D eigenvalue weighted by Crippen LogP contribution is 2.39. The number of aromatic nitrogens is 1. The zero-order valence-corrected chi connectivity index (χ0v) is 16.4. The number of hydrogen-bond acceptors (Lipinski definition) is 4. The molecule has 26 heavy (non-hydrogen) atoms. The summed E-state index contributed by atoms with van der Waals surface area (Å²) in [4.78, 5) is 0. The first-order valence-corrected chi connectivity index (χ1v) is 8.71. The molecule has 0 atom stereocenters. The number of phenols is 1. The fourth-order valence-corrected chi connectivity index (χ4v) is 2.28. The predicted molar refractivity (Wildman–Crippen MR) is 108 cm³/mol. The van der Waals surface area contributed by atoms with Gasteiger partial charge in [-0.2, -0.15) is 0 Å².